The van der Waals surface area contributed by atoms with Gasteiger partial charge in [0.25, 0.3) is 0 Å². The molecule has 4 rings (SSSR count). The third-order valence-corrected chi connectivity index (χ3v) is 9.72. The first kappa shape index (κ1) is 24.9. The van der Waals surface area contributed by atoms with E-state index in [-0.39, 0.29) is 46.2 Å². The number of nitro groups is 1. The third-order valence-electron chi connectivity index (χ3n) is 9.72. The molecule has 188 valence electrons. The summed E-state index contributed by atoms with van der Waals surface area (Å²) in [6, 6.07) is 0. The SMILES string of the molecule is CC(=O)O/N=C(/C)[C@H]1[C@H](C[N+](=O)[O-])CC2C3CC=C4C[C@@H](OC(C)=O)CC[C@]4(C)C3CC[C@@]21C. The first-order chi connectivity index (χ1) is 16.0. The maximum absolute atomic E-state index is 11.6. The molecule has 3 unspecified atom stereocenters. The molecule has 0 spiro atoms. The monoisotopic (exact) mass is 474 g/mol. The van der Waals surface area contributed by atoms with Crippen molar-refractivity contribution in [1.29, 1.82) is 0 Å². The van der Waals surface area contributed by atoms with Gasteiger partial charge in [0.2, 0.25) is 6.54 Å². The van der Waals surface area contributed by atoms with Crippen molar-refractivity contribution < 1.29 is 24.1 Å². The molecule has 8 nitrogen and oxygen atoms in total. The van der Waals surface area contributed by atoms with E-state index < -0.39 is 5.97 Å². The van der Waals surface area contributed by atoms with Gasteiger partial charge in [-0.3, -0.25) is 14.9 Å². The van der Waals surface area contributed by atoms with E-state index in [1.54, 1.807) is 0 Å². The molecule has 0 saturated heterocycles. The molecule has 0 N–H and O–H groups in total. The van der Waals surface area contributed by atoms with Crippen LogP contribution in [0.4, 0.5) is 0 Å². The number of nitrogens with zero attached hydrogens (tertiary/aromatic N) is 2. The van der Waals surface area contributed by atoms with Crippen molar-refractivity contribution in [3.8, 4) is 0 Å². The second kappa shape index (κ2) is 9.08. The summed E-state index contributed by atoms with van der Waals surface area (Å²) in [7, 11) is 0. The first-order valence-electron chi connectivity index (χ1n) is 12.7. The minimum absolute atomic E-state index is 0.0253. The Kier molecular flexibility index (Phi) is 6.64. The van der Waals surface area contributed by atoms with Crippen molar-refractivity contribution in [3.05, 3.63) is 21.8 Å². The maximum atomic E-state index is 11.6. The number of carbonyl (C=O) groups excluding carboxylic acids is 2. The maximum Gasteiger partial charge on any atom is 0.331 e. The highest BCUT2D eigenvalue weighted by Gasteiger charge is 2.62. The molecule has 0 radical (unpaired) electrons. The summed E-state index contributed by atoms with van der Waals surface area (Å²) in [4.78, 5) is 39.2. The summed E-state index contributed by atoms with van der Waals surface area (Å²) in [5.41, 5.74) is 2.12. The molecule has 8 heteroatoms. The number of hydrogen-bond acceptors (Lipinski definition) is 7. The molecule has 8 atom stereocenters. The number of allylic oxidation sites excluding steroid dienone is 1. The quantitative estimate of drug-likeness (QED) is 0.139. The van der Waals surface area contributed by atoms with Crippen molar-refractivity contribution in [2.75, 3.05) is 6.54 Å². The highest BCUT2D eigenvalue weighted by molar-refractivity contribution is 5.86. The van der Waals surface area contributed by atoms with E-state index in [0.29, 0.717) is 23.5 Å². The van der Waals surface area contributed by atoms with Gasteiger partial charge in [-0.1, -0.05) is 30.7 Å². The molecule has 34 heavy (non-hydrogen) atoms. The van der Waals surface area contributed by atoms with Crippen molar-refractivity contribution in [2.24, 2.45) is 45.6 Å². The summed E-state index contributed by atoms with van der Waals surface area (Å²) in [6.07, 6.45) is 8.93. The average molecular weight is 475 g/mol. The fourth-order valence-electron chi connectivity index (χ4n) is 8.52. The van der Waals surface area contributed by atoms with Crippen LogP contribution in [-0.2, 0) is 19.2 Å². The standard InChI is InChI=1S/C26H38N2O6/c1-15(27-34-17(3)30)24-18(14-28(31)32)12-23-21-7-6-19-13-20(33-16(2)29)8-10-25(19,4)22(21)9-11-26(23,24)5/h6,18,20-24H,7-14H2,1-5H3/b27-15-/t18-,20-,21?,22?,23?,24-,25-,26-/m0/s1. The molecule has 0 heterocycles. The Morgan fingerprint density at radius 3 is 2.53 bits per heavy atom. The van der Waals surface area contributed by atoms with Crippen molar-refractivity contribution in [2.45, 2.75) is 85.7 Å². The number of oxime groups is 1. The highest BCUT2D eigenvalue weighted by atomic mass is 16.7. The van der Waals surface area contributed by atoms with Gasteiger partial charge in [0.1, 0.15) is 6.10 Å². The molecule has 0 bridgehead atoms. The molecule has 0 aromatic rings. The van der Waals surface area contributed by atoms with Crippen LogP contribution in [0.3, 0.4) is 0 Å². The summed E-state index contributed by atoms with van der Waals surface area (Å²) in [5.74, 6) is 0.501. The predicted octanol–water partition coefficient (Wildman–Crippen LogP) is 4.94. The molecule has 0 aliphatic heterocycles. The van der Waals surface area contributed by atoms with Crippen LogP contribution in [-0.4, -0.2) is 35.2 Å². The van der Waals surface area contributed by atoms with Crippen LogP contribution < -0.4 is 0 Å². The van der Waals surface area contributed by atoms with Crippen LogP contribution in [0.15, 0.2) is 16.8 Å². The lowest BCUT2D eigenvalue weighted by Crippen LogP contribution is -2.51. The van der Waals surface area contributed by atoms with Gasteiger partial charge in [-0.25, -0.2) is 4.79 Å². The molecule has 0 aromatic heterocycles. The number of esters is 1. The predicted molar refractivity (Wildman–Crippen MR) is 126 cm³/mol. The van der Waals surface area contributed by atoms with Crippen molar-refractivity contribution >= 4 is 17.7 Å². The summed E-state index contributed by atoms with van der Waals surface area (Å²) in [6.45, 7) is 9.24. The molecule has 3 saturated carbocycles. The number of ether oxygens (including phenoxy) is 1. The third kappa shape index (κ3) is 4.29. The fourth-order valence-corrected chi connectivity index (χ4v) is 8.52. The number of fused-ring (bicyclic) bond motifs is 5. The zero-order valence-electron chi connectivity index (χ0n) is 21.0. The summed E-state index contributed by atoms with van der Waals surface area (Å²) >= 11 is 0. The van der Waals surface area contributed by atoms with Gasteiger partial charge in [-0.05, 0) is 74.0 Å². The Labute approximate surface area is 201 Å². The molecule has 0 aromatic carbocycles. The molecular formula is C26H38N2O6. The molecule has 0 amide bonds. The van der Waals surface area contributed by atoms with Gasteiger partial charge in [0, 0.05) is 37.0 Å². The van der Waals surface area contributed by atoms with Crippen LogP contribution in [0.2, 0.25) is 0 Å². The van der Waals surface area contributed by atoms with E-state index in [0.717, 1.165) is 44.9 Å². The Morgan fingerprint density at radius 2 is 1.88 bits per heavy atom. The Hall–Kier alpha value is -2.25. The van der Waals surface area contributed by atoms with E-state index in [1.807, 2.05) is 6.92 Å². The lowest BCUT2D eigenvalue weighted by atomic mass is 9.47. The van der Waals surface area contributed by atoms with Gasteiger partial charge >= 0.3 is 11.9 Å². The van der Waals surface area contributed by atoms with Gasteiger partial charge in [0.15, 0.2) is 0 Å². The van der Waals surface area contributed by atoms with E-state index in [1.165, 1.54) is 19.4 Å². The van der Waals surface area contributed by atoms with Gasteiger partial charge in [-0.15, -0.1) is 0 Å². The van der Waals surface area contributed by atoms with E-state index >= 15 is 0 Å². The van der Waals surface area contributed by atoms with Crippen molar-refractivity contribution in [1.82, 2.24) is 0 Å². The smallest absolute Gasteiger partial charge is 0.331 e. The lowest BCUT2D eigenvalue weighted by Gasteiger charge is -2.58. The van der Waals surface area contributed by atoms with Gasteiger partial charge in [-0.2, -0.15) is 0 Å². The minimum atomic E-state index is -0.476. The van der Waals surface area contributed by atoms with Crippen LogP contribution >= 0.6 is 0 Å². The van der Waals surface area contributed by atoms with E-state index in [2.05, 4.69) is 25.1 Å². The Morgan fingerprint density at radius 1 is 1.15 bits per heavy atom. The second-order valence-corrected chi connectivity index (χ2v) is 11.6. The van der Waals surface area contributed by atoms with Crippen LogP contribution in [0.5, 0.6) is 0 Å². The lowest BCUT2D eigenvalue weighted by molar-refractivity contribution is -0.489. The largest absolute Gasteiger partial charge is 0.462 e. The normalized spacial score (nSPS) is 41.4. The Bertz CT molecular complexity index is 928. The topological polar surface area (TPSA) is 108 Å². The van der Waals surface area contributed by atoms with Crippen LogP contribution in [0, 0.1) is 50.5 Å². The molecule has 4 aliphatic rings. The summed E-state index contributed by atoms with van der Waals surface area (Å²) < 4.78 is 5.55. The first-order valence-corrected chi connectivity index (χ1v) is 12.7. The number of carbonyl (C=O) groups is 2. The van der Waals surface area contributed by atoms with Gasteiger partial charge in [0.05, 0.1) is 5.71 Å². The zero-order chi connectivity index (χ0) is 24.8. The molecular weight excluding hydrogens is 436 g/mol. The second-order valence-electron chi connectivity index (χ2n) is 11.6. The molecule has 4 aliphatic carbocycles. The number of hydrogen-bond donors (Lipinski definition) is 0. The molecule has 3 fully saturated rings. The Balaban J connectivity index is 1.63. The average Bonchev–Trinajstić information content (AvgIpc) is 3.03. The summed E-state index contributed by atoms with van der Waals surface area (Å²) in [5, 5.41) is 15.7. The van der Waals surface area contributed by atoms with Crippen LogP contribution in [0.25, 0.3) is 0 Å². The minimum Gasteiger partial charge on any atom is -0.462 e. The zero-order valence-corrected chi connectivity index (χ0v) is 21.0. The van der Waals surface area contributed by atoms with Crippen LogP contribution in [0.1, 0.15) is 79.6 Å². The van der Waals surface area contributed by atoms with Gasteiger partial charge < -0.3 is 9.57 Å². The highest BCUT2D eigenvalue weighted by Crippen LogP contribution is 2.67. The van der Waals surface area contributed by atoms with E-state index in [4.69, 9.17) is 9.57 Å². The van der Waals surface area contributed by atoms with E-state index in [9.17, 15) is 19.7 Å². The number of rotatable bonds is 5. The van der Waals surface area contributed by atoms with Crippen molar-refractivity contribution in [3.63, 3.8) is 0 Å². The fraction of sp³-hybridized carbons (Fsp3) is 0.808.